The number of methoxy groups -OCH3 is 1. The first-order valence-electron chi connectivity index (χ1n) is 5.78. The van der Waals surface area contributed by atoms with E-state index in [4.69, 9.17) is 4.74 Å². The summed E-state index contributed by atoms with van der Waals surface area (Å²) in [5, 5.41) is 9.21. The predicted octanol–water partition coefficient (Wildman–Crippen LogP) is 3.58. The number of aryl methyl sites for hydroxylation is 1. The van der Waals surface area contributed by atoms with E-state index in [1.54, 1.807) is 21.0 Å². The van der Waals surface area contributed by atoms with Gasteiger partial charge in [-0.2, -0.15) is 0 Å². The summed E-state index contributed by atoms with van der Waals surface area (Å²) in [6.45, 7) is 9.42. The third-order valence-electron chi connectivity index (χ3n) is 3.07. The van der Waals surface area contributed by atoms with E-state index in [-0.39, 0.29) is 0 Å². The third-order valence-corrected chi connectivity index (χ3v) is 4.59. The number of rotatable bonds is 4. The molecule has 4 heteroatoms. The fourth-order valence-corrected chi connectivity index (χ4v) is 2.81. The Bertz CT molecular complexity index is 478. The smallest absolute Gasteiger partial charge is 0.319 e. The summed E-state index contributed by atoms with van der Waals surface area (Å²) in [6, 6.07) is 1.96. The molecule has 1 aromatic carbocycles. The summed E-state index contributed by atoms with van der Waals surface area (Å²) in [5.41, 5.74) is 3.20. The van der Waals surface area contributed by atoms with Gasteiger partial charge in [0, 0.05) is 4.90 Å². The Labute approximate surface area is 113 Å². The maximum absolute atomic E-state index is 11.2. The van der Waals surface area contributed by atoms with Gasteiger partial charge in [-0.3, -0.25) is 4.79 Å². The molecule has 0 amide bonds. The van der Waals surface area contributed by atoms with Gasteiger partial charge in [-0.15, -0.1) is 11.8 Å². The topological polar surface area (TPSA) is 46.5 Å². The average Bonchev–Trinajstić information content (AvgIpc) is 2.29. The summed E-state index contributed by atoms with van der Waals surface area (Å²) in [6.07, 6.45) is 0. The fraction of sp³-hybridized carbons (Fsp3) is 0.500. The quantitative estimate of drug-likeness (QED) is 0.848. The largest absolute Gasteiger partial charge is 0.496 e. The minimum atomic E-state index is -0.837. The Morgan fingerprint density at radius 3 is 2.28 bits per heavy atom. The number of hydrogen-bond acceptors (Lipinski definition) is 3. The van der Waals surface area contributed by atoms with Crippen LogP contribution in [0, 0.1) is 20.8 Å². The number of ether oxygens (including phenoxy) is 1. The zero-order valence-electron chi connectivity index (χ0n) is 11.7. The maximum atomic E-state index is 11.2. The maximum Gasteiger partial charge on any atom is 0.319 e. The summed E-state index contributed by atoms with van der Waals surface area (Å²) in [7, 11) is 1.65. The van der Waals surface area contributed by atoms with Gasteiger partial charge in [-0.1, -0.05) is 0 Å². The Hall–Kier alpha value is -1.16. The van der Waals surface area contributed by atoms with Crippen LogP contribution in [0.1, 0.15) is 30.5 Å². The van der Waals surface area contributed by atoms with Crippen molar-refractivity contribution < 1.29 is 14.6 Å². The molecule has 0 spiro atoms. The lowest BCUT2D eigenvalue weighted by Gasteiger charge is -2.23. The molecule has 100 valence electrons. The Kier molecular flexibility index (Phi) is 4.32. The van der Waals surface area contributed by atoms with E-state index >= 15 is 0 Å². The number of thioether (sulfide) groups is 1. The second-order valence-electron chi connectivity index (χ2n) is 4.89. The second kappa shape index (κ2) is 5.22. The van der Waals surface area contributed by atoms with E-state index < -0.39 is 10.7 Å². The summed E-state index contributed by atoms with van der Waals surface area (Å²) in [4.78, 5) is 12.2. The van der Waals surface area contributed by atoms with Gasteiger partial charge in [0.05, 0.1) is 7.11 Å². The second-order valence-corrected chi connectivity index (χ2v) is 6.53. The molecule has 0 saturated carbocycles. The normalized spacial score (nSPS) is 11.4. The van der Waals surface area contributed by atoms with Crippen LogP contribution in [0.25, 0.3) is 0 Å². The molecule has 0 unspecified atom stereocenters. The molecule has 0 aromatic heterocycles. The highest BCUT2D eigenvalue weighted by Crippen LogP contribution is 2.40. The van der Waals surface area contributed by atoms with Crippen LogP contribution in [0.5, 0.6) is 5.75 Å². The molecule has 0 atom stereocenters. The fourth-order valence-electron chi connectivity index (χ4n) is 1.69. The van der Waals surface area contributed by atoms with Crippen LogP contribution in [0.3, 0.4) is 0 Å². The van der Waals surface area contributed by atoms with Crippen LogP contribution in [-0.4, -0.2) is 22.9 Å². The standard InChI is InChI=1S/C14H20O3S/c1-8-7-11(17-6)9(2)10(3)12(8)18-14(4,5)13(15)16/h7H,1-6H3,(H,15,16). The number of hydrogen-bond donors (Lipinski definition) is 1. The molecule has 0 aliphatic heterocycles. The lowest BCUT2D eigenvalue weighted by molar-refractivity contribution is -0.138. The molecule has 0 bridgehead atoms. The predicted molar refractivity (Wildman–Crippen MR) is 74.8 cm³/mol. The monoisotopic (exact) mass is 268 g/mol. The SMILES string of the molecule is COc1cc(C)c(SC(C)(C)C(=O)O)c(C)c1C. The van der Waals surface area contributed by atoms with Gasteiger partial charge in [0.15, 0.2) is 0 Å². The van der Waals surface area contributed by atoms with Crippen LogP contribution in [0.4, 0.5) is 0 Å². The lowest BCUT2D eigenvalue weighted by Crippen LogP contribution is -2.27. The van der Waals surface area contributed by atoms with Crippen molar-refractivity contribution in [3.8, 4) is 5.75 Å². The number of carbonyl (C=O) groups is 1. The number of benzene rings is 1. The van der Waals surface area contributed by atoms with Crippen molar-refractivity contribution in [1.82, 2.24) is 0 Å². The van der Waals surface area contributed by atoms with Gasteiger partial charge in [-0.05, 0) is 57.4 Å². The minimum absolute atomic E-state index is 0.806. The highest BCUT2D eigenvalue weighted by Gasteiger charge is 2.30. The first-order chi connectivity index (χ1) is 8.20. The van der Waals surface area contributed by atoms with Gasteiger partial charge < -0.3 is 9.84 Å². The zero-order valence-corrected chi connectivity index (χ0v) is 12.6. The third kappa shape index (κ3) is 2.80. The highest BCUT2D eigenvalue weighted by molar-refractivity contribution is 8.01. The first kappa shape index (κ1) is 14.9. The van der Waals surface area contributed by atoms with Gasteiger partial charge in [0.25, 0.3) is 0 Å². The highest BCUT2D eigenvalue weighted by atomic mass is 32.2. The van der Waals surface area contributed by atoms with E-state index in [1.807, 2.05) is 26.8 Å². The van der Waals surface area contributed by atoms with Gasteiger partial charge in [-0.25, -0.2) is 0 Å². The van der Waals surface area contributed by atoms with E-state index in [0.29, 0.717) is 0 Å². The van der Waals surface area contributed by atoms with E-state index in [1.165, 1.54) is 11.8 Å². The van der Waals surface area contributed by atoms with Crippen LogP contribution in [0.2, 0.25) is 0 Å². The van der Waals surface area contributed by atoms with Crippen molar-refractivity contribution in [2.24, 2.45) is 0 Å². The molecular weight excluding hydrogens is 248 g/mol. The van der Waals surface area contributed by atoms with E-state index in [0.717, 1.165) is 27.3 Å². The average molecular weight is 268 g/mol. The summed E-state index contributed by atoms with van der Waals surface area (Å²) in [5.74, 6) is 0.0438. The molecule has 0 fully saturated rings. The summed E-state index contributed by atoms with van der Waals surface area (Å²) < 4.78 is 4.48. The Balaban J connectivity index is 3.27. The van der Waals surface area contributed by atoms with Crippen molar-refractivity contribution in [2.45, 2.75) is 44.3 Å². The van der Waals surface area contributed by atoms with Gasteiger partial charge in [0.2, 0.25) is 0 Å². The van der Waals surface area contributed by atoms with Crippen LogP contribution >= 0.6 is 11.8 Å². The number of carboxylic acids is 1. The lowest BCUT2D eigenvalue weighted by atomic mass is 10.1. The first-order valence-corrected chi connectivity index (χ1v) is 6.59. The summed E-state index contributed by atoms with van der Waals surface area (Å²) >= 11 is 1.39. The molecule has 0 heterocycles. The van der Waals surface area contributed by atoms with Crippen molar-refractivity contribution >= 4 is 17.7 Å². The molecule has 0 aliphatic carbocycles. The van der Waals surface area contributed by atoms with Crippen LogP contribution in [0.15, 0.2) is 11.0 Å². The van der Waals surface area contributed by atoms with Gasteiger partial charge in [0.1, 0.15) is 10.5 Å². The molecule has 0 radical (unpaired) electrons. The molecule has 1 aromatic rings. The van der Waals surface area contributed by atoms with Crippen LogP contribution < -0.4 is 4.74 Å². The van der Waals surface area contributed by atoms with E-state index in [2.05, 4.69) is 0 Å². The van der Waals surface area contributed by atoms with E-state index in [9.17, 15) is 9.90 Å². The minimum Gasteiger partial charge on any atom is -0.496 e. The molecule has 1 rings (SSSR count). The number of aliphatic carboxylic acids is 1. The van der Waals surface area contributed by atoms with Crippen LogP contribution in [-0.2, 0) is 4.79 Å². The molecule has 0 aliphatic rings. The molecule has 18 heavy (non-hydrogen) atoms. The Morgan fingerprint density at radius 1 is 1.28 bits per heavy atom. The van der Waals surface area contributed by atoms with Gasteiger partial charge >= 0.3 is 5.97 Å². The van der Waals surface area contributed by atoms with Crippen molar-refractivity contribution in [2.75, 3.05) is 7.11 Å². The molecular formula is C14H20O3S. The van der Waals surface area contributed by atoms with Crippen molar-refractivity contribution in [3.05, 3.63) is 22.8 Å². The van der Waals surface area contributed by atoms with Crippen molar-refractivity contribution in [3.63, 3.8) is 0 Å². The Morgan fingerprint density at radius 2 is 1.83 bits per heavy atom. The molecule has 0 saturated heterocycles. The number of carboxylic acid groups (broad SMARTS) is 1. The zero-order chi connectivity index (χ0) is 14.1. The molecule has 3 nitrogen and oxygen atoms in total. The van der Waals surface area contributed by atoms with Crippen molar-refractivity contribution in [1.29, 1.82) is 0 Å². The molecule has 1 N–H and O–H groups in total.